The van der Waals surface area contributed by atoms with Gasteiger partial charge in [-0.3, -0.25) is 4.79 Å². The highest BCUT2D eigenvalue weighted by Crippen LogP contribution is 2.17. The summed E-state index contributed by atoms with van der Waals surface area (Å²) >= 11 is 0. The van der Waals surface area contributed by atoms with E-state index in [0.29, 0.717) is 19.0 Å². The fraction of sp³-hybridized carbons (Fsp3) is 0.417. The molecule has 0 saturated carbocycles. The van der Waals surface area contributed by atoms with Gasteiger partial charge < -0.3 is 15.8 Å². The van der Waals surface area contributed by atoms with E-state index in [9.17, 15) is 13.6 Å². The van der Waals surface area contributed by atoms with Crippen LogP contribution in [0.2, 0.25) is 0 Å². The van der Waals surface area contributed by atoms with Crippen molar-refractivity contribution < 1.29 is 18.3 Å². The summed E-state index contributed by atoms with van der Waals surface area (Å²) in [6, 6.07) is 2.90. The highest BCUT2D eigenvalue weighted by atomic mass is 19.1. The molecule has 0 aliphatic heterocycles. The van der Waals surface area contributed by atoms with Crippen LogP contribution in [0.25, 0.3) is 0 Å². The number of hydrogen-bond donors (Lipinski definition) is 2. The molecule has 1 amide bonds. The van der Waals surface area contributed by atoms with Crippen molar-refractivity contribution >= 4 is 5.91 Å². The van der Waals surface area contributed by atoms with Gasteiger partial charge in [0.25, 0.3) is 5.91 Å². The molecule has 0 aromatic heterocycles. The van der Waals surface area contributed by atoms with Gasteiger partial charge in [-0.05, 0) is 25.5 Å². The van der Waals surface area contributed by atoms with Crippen LogP contribution in [0.1, 0.15) is 13.3 Å². The van der Waals surface area contributed by atoms with Crippen molar-refractivity contribution in [3.05, 3.63) is 29.8 Å². The topological polar surface area (TPSA) is 64.3 Å². The molecule has 0 fully saturated rings. The van der Waals surface area contributed by atoms with Crippen molar-refractivity contribution in [1.82, 2.24) is 5.32 Å². The number of amides is 1. The van der Waals surface area contributed by atoms with E-state index in [2.05, 4.69) is 5.32 Å². The van der Waals surface area contributed by atoms with E-state index in [0.717, 1.165) is 12.1 Å². The first kappa shape index (κ1) is 14.4. The van der Waals surface area contributed by atoms with E-state index in [1.807, 2.05) is 6.92 Å². The molecule has 0 spiro atoms. The van der Waals surface area contributed by atoms with Gasteiger partial charge in [-0.1, -0.05) is 0 Å². The highest BCUT2D eigenvalue weighted by molar-refractivity contribution is 5.77. The standard InChI is InChI=1S/C12H16F2N2O2/c1-8(15)4-5-16-12(17)7-18-11-3-2-9(13)6-10(11)14/h2-3,6,8H,4-5,7,15H2,1H3,(H,16,17). The zero-order valence-corrected chi connectivity index (χ0v) is 10.1. The van der Waals surface area contributed by atoms with Crippen LogP contribution in [0.5, 0.6) is 5.75 Å². The van der Waals surface area contributed by atoms with Gasteiger partial charge in [0.2, 0.25) is 0 Å². The molecule has 0 heterocycles. The van der Waals surface area contributed by atoms with Gasteiger partial charge in [0.15, 0.2) is 18.2 Å². The minimum absolute atomic E-state index is 0.000705. The summed E-state index contributed by atoms with van der Waals surface area (Å²) in [7, 11) is 0. The van der Waals surface area contributed by atoms with Gasteiger partial charge in [-0.2, -0.15) is 0 Å². The Hall–Kier alpha value is -1.69. The summed E-state index contributed by atoms with van der Waals surface area (Å²) in [6.07, 6.45) is 0.649. The van der Waals surface area contributed by atoms with E-state index < -0.39 is 11.6 Å². The molecular weight excluding hydrogens is 242 g/mol. The van der Waals surface area contributed by atoms with Crippen LogP contribution in [0.15, 0.2) is 18.2 Å². The van der Waals surface area contributed by atoms with Gasteiger partial charge in [-0.15, -0.1) is 0 Å². The Morgan fingerprint density at radius 2 is 2.22 bits per heavy atom. The van der Waals surface area contributed by atoms with E-state index in [4.69, 9.17) is 10.5 Å². The number of nitrogens with two attached hydrogens (primary N) is 1. The Kier molecular flexibility index (Phi) is 5.51. The van der Waals surface area contributed by atoms with E-state index in [1.54, 1.807) is 0 Å². The lowest BCUT2D eigenvalue weighted by Crippen LogP contribution is -2.32. The molecule has 0 saturated heterocycles. The number of hydrogen-bond acceptors (Lipinski definition) is 3. The van der Waals surface area contributed by atoms with Crippen LogP contribution in [-0.4, -0.2) is 25.1 Å². The number of rotatable bonds is 6. The van der Waals surface area contributed by atoms with Gasteiger partial charge in [-0.25, -0.2) is 8.78 Å². The third-order valence-corrected chi connectivity index (χ3v) is 2.17. The largest absolute Gasteiger partial charge is 0.481 e. The molecule has 100 valence electrons. The van der Waals surface area contributed by atoms with Crippen molar-refractivity contribution in [3.63, 3.8) is 0 Å². The number of carbonyl (C=O) groups is 1. The van der Waals surface area contributed by atoms with Crippen LogP contribution < -0.4 is 15.8 Å². The summed E-state index contributed by atoms with van der Waals surface area (Å²) in [4.78, 5) is 11.3. The number of halogens is 2. The lowest BCUT2D eigenvalue weighted by molar-refractivity contribution is -0.123. The zero-order chi connectivity index (χ0) is 13.5. The molecule has 0 bridgehead atoms. The summed E-state index contributed by atoms with van der Waals surface area (Å²) < 4.78 is 30.7. The molecule has 1 aromatic carbocycles. The minimum atomic E-state index is -0.835. The quantitative estimate of drug-likeness (QED) is 0.805. The fourth-order valence-corrected chi connectivity index (χ4v) is 1.23. The Labute approximate surface area is 104 Å². The summed E-state index contributed by atoms with van der Waals surface area (Å²) in [5.41, 5.74) is 5.51. The fourth-order valence-electron chi connectivity index (χ4n) is 1.23. The molecule has 0 radical (unpaired) electrons. The smallest absolute Gasteiger partial charge is 0.257 e. The first-order valence-electron chi connectivity index (χ1n) is 5.59. The van der Waals surface area contributed by atoms with Crippen LogP contribution in [0.3, 0.4) is 0 Å². The van der Waals surface area contributed by atoms with Crippen LogP contribution in [-0.2, 0) is 4.79 Å². The van der Waals surface area contributed by atoms with Crippen molar-refractivity contribution in [2.45, 2.75) is 19.4 Å². The van der Waals surface area contributed by atoms with Gasteiger partial charge in [0.05, 0.1) is 0 Å². The number of nitrogens with one attached hydrogen (secondary N) is 1. The van der Waals surface area contributed by atoms with Gasteiger partial charge in [0, 0.05) is 18.7 Å². The average molecular weight is 258 g/mol. The van der Waals surface area contributed by atoms with E-state index >= 15 is 0 Å². The Morgan fingerprint density at radius 1 is 1.50 bits per heavy atom. The molecule has 1 rings (SSSR count). The summed E-state index contributed by atoms with van der Waals surface area (Å²) in [6.45, 7) is 1.95. The van der Waals surface area contributed by atoms with Crippen molar-refractivity contribution in [2.24, 2.45) is 5.73 Å². The summed E-state index contributed by atoms with van der Waals surface area (Å²) in [5, 5.41) is 2.57. The lowest BCUT2D eigenvalue weighted by atomic mass is 10.2. The molecule has 18 heavy (non-hydrogen) atoms. The summed E-state index contributed by atoms with van der Waals surface area (Å²) in [5.74, 6) is -2.06. The SMILES string of the molecule is CC(N)CCNC(=O)COc1ccc(F)cc1F. The van der Waals surface area contributed by atoms with E-state index in [1.165, 1.54) is 0 Å². The molecule has 0 aliphatic rings. The van der Waals surface area contributed by atoms with Crippen molar-refractivity contribution in [1.29, 1.82) is 0 Å². The second-order valence-corrected chi connectivity index (χ2v) is 3.98. The predicted octanol–water partition coefficient (Wildman–Crippen LogP) is 1.20. The molecule has 1 unspecified atom stereocenters. The first-order chi connectivity index (χ1) is 8.49. The van der Waals surface area contributed by atoms with Gasteiger partial charge >= 0.3 is 0 Å². The molecule has 6 heteroatoms. The number of benzene rings is 1. The molecule has 4 nitrogen and oxygen atoms in total. The molecule has 1 atom stereocenters. The van der Waals surface area contributed by atoms with Crippen LogP contribution >= 0.6 is 0 Å². The molecule has 0 aliphatic carbocycles. The Morgan fingerprint density at radius 3 is 2.83 bits per heavy atom. The monoisotopic (exact) mass is 258 g/mol. The average Bonchev–Trinajstić information content (AvgIpc) is 2.27. The van der Waals surface area contributed by atoms with Gasteiger partial charge in [0.1, 0.15) is 5.82 Å². The third kappa shape index (κ3) is 5.09. The Bertz CT molecular complexity index is 411. The van der Waals surface area contributed by atoms with Crippen molar-refractivity contribution in [2.75, 3.05) is 13.2 Å². The molecule has 3 N–H and O–H groups in total. The number of ether oxygens (including phenoxy) is 1. The predicted molar refractivity (Wildman–Crippen MR) is 63.1 cm³/mol. The second kappa shape index (κ2) is 6.90. The maximum Gasteiger partial charge on any atom is 0.257 e. The molecular formula is C12H16F2N2O2. The Balaban J connectivity index is 2.33. The van der Waals surface area contributed by atoms with E-state index in [-0.39, 0.29) is 24.3 Å². The third-order valence-electron chi connectivity index (χ3n) is 2.17. The minimum Gasteiger partial charge on any atom is -0.481 e. The second-order valence-electron chi connectivity index (χ2n) is 3.98. The van der Waals surface area contributed by atoms with Crippen LogP contribution in [0, 0.1) is 11.6 Å². The zero-order valence-electron chi connectivity index (χ0n) is 10.1. The lowest BCUT2D eigenvalue weighted by Gasteiger charge is -2.09. The van der Waals surface area contributed by atoms with Crippen LogP contribution in [0.4, 0.5) is 8.78 Å². The maximum atomic E-state index is 13.1. The highest BCUT2D eigenvalue weighted by Gasteiger charge is 2.07. The first-order valence-corrected chi connectivity index (χ1v) is 5.59. The van der Waals surface area contributed by atoms with Crippen molar-refractivity contribution in [3.8, 4) is 5.75 Å². The number of carbonyl (C=O) groups excluding carboxylic acids is 1. The normalized spacial score (nSPS) is 12.0. The maximum absolute atomic E-state index is 13.1. The molecule has 1 aromatic rings.